The van der Waals surface area contributed by atoms with Crippen molar-refractivity contribution < 1.29 is 9.15 Å². The van der Waals surface area contributed by atoms with Gasteiger partial charge in [-0.05, 0) is 48.5 Å². The van der Waals surface area contributed by atoms with Gasteiger partial charge in [0.2, 0.25) is 5.89 Å². The molecule has 0 bridgehead atoms. The molecule has 0 radical (unpaired) electrons. The van der Waals surface area contributed by atoms with Crippen LogP contribution < -0.4 is 10.1 Å². The average Bonchev–Trinajstić information content (AvgIpc) is 3.14. The van der Waals surface area contributed by atoms with E-state index in [4.69, 9.17) is 20.8 Å². The first-order chi connectivity index (χ1) is 12.8. The summed E-state index contributed by atoms with van der Waals surface area (Å²) < 4.78 is 11.3. The highest BCUT2D eigenvalue weighted by Crippen LogP contribution is 2.26. The van der Waals surface area contributed by atoms with E-state index in [0.717, 1.165) is 11.3 Å². The van der Waals surface area contributed by atoms with Crippen molar-refractivity contribution >= 4 is 23.3 Å². The van der Waals surface area contributed by atoms with Crippen LogP contribution in [0.2, 0.25) is 5.02 Å². The van der Waals surface area contributed by atoms with Crippen molar-refractivity contribution in [3.63, 3.8) is 0 Å². The summed E-state index contributed by atoms with van der Waals surface area (Å²) >= 11 is 5.87. The fourth-order valence-corrected chi connectivity index (χ4v) is 2.31. The Labute approximate surface area is 153 Å². The molecule has 0 spiro atoms. The molecule has 8 heteroatoms. The van der Waals surface area contributed by atoms with E-state index in [9.17, 15) is 0 Å². The van der Waals surface area contributed by atoms with Crippen molar-refractivity contribution in [3.05, 3.63) is 72.3 Å². The van der Waals surface area contributed by atoms with Crippen LogP contribution in [0.4, 0.5) is 11.7 Å². The third kappa shape index (κ3) is 3.79. The van der Waals surface area contributed by atoms with Crippen molar-refractivity contribution in [2.45, 2.75) is 0 Å². The van der Waals surface area contributed by atoms with Crippen molar-refractivity contribution in [2.75, 3.05) is 5.32 Å². The zero-order chi connectivity index (χ0) is 17.8. The molecule has 0 saturated heterocycles. The summed E-state index contributed by atoms with van der Waals surface area (Å²) in [4.78, 5) is 7.81. The van der Waals surface area contributed by atoms with Crippen LogP contribution in [0, 0.1) is 0 Å². The number of hydrogen-bond acceptors (Lipinski definition) is 7. The molecule has 0 saturated carbocycles. The van der Waals surface area contributed by atoms with Crippen molar-refractivity contribution in [1.29, 1.82) is 0 Å². The highest BCUT2D eigenvalue weighted by atomic mass is 35.5. The lowest BCUT2D eigenvalue weighted by Crippen LogP contribution is -1.89. The van der Waals surface area contributed by atoms with Crippen LogP contribution in [0.1, 0.15) is 0 Å². The van der Waals surface area contributed by atoms with Crippen molar-refractivity contribution in [3.8, 4) is 23.0 Å². The van der Waals surface area contributed by atoms with Crippen LogP contribution in [-0.4, -0.2) is 20.2 Å². The molecule has 0 amide bonds. The highest BCUT2D eigenvalue weighted by Gasteiger charge is 2.09. The number of anilines is 2. The second kappa shape index (κ2) is 7.20. The number of benzene rings is 2. The van der Waals surface area contributed by atoms with E-state index < -0.39 is 0 Å². The smallest absolute Gasteiger partial charge is 0.320 e. The molecular weight excluding hydrogens is 354 g/mol. The summed E-state index contributed by atoms with van der Waals surface area (Å²) in [6.07, 6.45) is 4.63. The van der Waals surface area contributed by atoms with Crippen LogP contribution in [-0.2, 0) is 0 Å². The Hall–Kier alpha value is -3.45. The number of rotatable bonds is 5. The molecule has 1 N–H and O–H groups in total. The molecule has 4 rings (SSSR count). The van der Waals surface area contributed by atoms with Gasteiger partial charge in [0.15, 0.2) is 5.75 Å². The topological polar surface area (TPSA) is 86.0 Å². The van der Waals surface area contributed by atoms with E-state index >= 15 is 0 Å². The van der Waals surface area contributed by atoms with Gasteiger partial charge >= 0.3 is 6.01 Å². The SMILES string of the molecule is Clc1ccc(Nc2nnc(-c3ccc(Oc4cncnc4)cc3)o2)cc1. The fourth-order valence-electron chi connectivity index (χ4n) is 2.19. The van der Waals surface area contributed by atoms with E-state index in [-0.39, 0.29) is 0 Å². The molecule has 26 heavy (non-hydrogen) atoms. The Morgan fingerprint density at radius 2 is 1.58 bits per heavy atom. The Balaban J connectivity index is 1.46. The number of nitrogens with one attached hydrogen (secondary N) is 1. The third-order valence-electron chi connectivity index (χ3n) is 3.39. The summed E-state index contributed by atoms with van der Waals surface area (Å²) in [5, 5.41) is 11.7. The quantitative estimate of drug-likeness (QED) is 0.547. The van der Waals surface area contributed by atoms with Gasteiger partial charge in [0, 0.05) is 16.3 Å². The fraction of sp³-hybridized carbons (Fsp3) is 0. The second-order valence-electron chi connectivity index (χ2n) is 5.24. The second-order valence-corrected chi connectivity index (χ2v) is 5.68. The maximum atomic E-state index is 5.87. The van der Waals surface area contributed by atoms with Crippen molar-refractivity contribution in [1.82, 2.24) is 20.2 Å². The summed E-state index contributed by atoms with van der Waals surface area (Å²) in [6, 6.07) is 14.8. The standard InChI is InChI=1S/C18H12ClN5O2/c19-13-3-5-14(6-4-13)22-18-24-23-17(26-18)12-1-7-15(8-2-12)25-16-9-20-11-21-10-16/h1-11H,(H,22,24). The van der Waals surface area contributed by atoms with E-state index in [1.165, 1.54) is 6.33 Å². The van der Waals surface area contributed by atoms with Gasteiger partial charge in [-0.3, -0.25) is 0 Å². The van der Waals surface area contributed by atoms with Gasteiger partial charge in [-0.1, -0.05) is 16.7 Å². The number of halogens is 1. The van der Waals surface area contributed by atoms with Crippen LogP contribution in [0.3, 0.4) is 0 Å². The molecule has 7 nitrogen and oxygen atoms in total. The van der Waals surface area contributed by atoms with E-state index in [1.807, 2.05) is 24.3 Å². The summed E-state index contributed by atoms with van der Waals surface area (Å²) in [5.41, 5.74) is 1.58. The predicted octanol–water partition coefficient (Wildman–Crippen LogP) is 4.72. The number of nitrogens with zero attached hydrogens (tertiary/aromatic N) is 4. The molecule has 0 aliphatic rings. The lowest BCUT2D eigenvalue weighted by atomic mass is 10.2. The zero-order valence-corrected chi connectivity index (χ0v) is 14.1. The minimum atomic E-state index is 0.295. The first-order valence-corrected chi connectivity index (χ1v) is 8.03. The van der Waals surface area contributed by atoms with Gasteiger partial charge in [0.25, 0.3) is 0 Å². The maximum absolute atomic E-state index is 5.87. The Bertz CT molecular complexity index is 988. The minimum Gasteiger partial charge on any atom is -0.454 e. The summed E-state index contributed by atoms with van der Waals surface area (Å²) in [7, 11) is 0. The van der Waals surface area contributed by atoms with Gasteiger partial charge in [0.1, 0.15) is 12.1 Å². The normalized spacial score (nSPS) is 10.5. The molecule has 2 aromatic heterocycles. The molecule has 2 aromatic carbocycles. The van der Waals surface area contributed by atoms with Crippen LogP contribution in [0.25, 0.3) is 11.5 Å². The molecule has 4 aromatic rings. The van der Waals surface area contributed by atoms with Crippen molar-refractivity contribution in [2.24, 2.45) is 0 Å². The molecule has 2 heterocycles. The molecule has 0 unspecified atom stereocenters. The average molecular weight is 366 g/mol. The van der Waals surface area contributed by atoms with E-state index in [1.54, 1.807) is 36.7 Å². The Kier molecular flexibility index (Phi) is 4.44. The monoisotopic (exact) mass is 365 g/mol. The Morgan fingerprint density at radius 3 is 2.31 bits per heavy atom. The van der Waals surface area contributed by atoms with E-state index in [2.05, 4.69) is 25.5 Å². The van der Waals surface area contributed by atoms with Crippen LogP contribution >= 0.6 is 11.6 Å². The van der Waals surface area contributed by atoms with Gasteiger partial charge in [-0.15, -0.1) is 5.10 Å². The lowest BCUT2D eigenvalue weighted by Gasteiger charge is -2.04. The van der Waals surface area contributed by atoms with Gasteiger partial charge < -0.3 is 14.5 Å². The van der Waals surface area contributed by atoms with Crippen LogP contribution in [0.5, 0.6) is 11.5 Å². The minimum absolute atomic E-state index is 0.295. The molecule has 0 fully saturated rings. The summed E-state index contributed by atoms with van der Waals surface area (Å²) in [6.45, 7) is 0. The van der Waals surface area contributed by atoms with Gasteiger partial charge in [-0.2, -0.15) is 0 Å². The molecule has 0 atom stereocenters. The zero-order valence-electron chi connectivity index (χ0n) is 13.3. The third-order valence-corrected chi connectivity index (χ3v) is 3.65. The highest BCUT2D eigenvalue weighted by molar-refractivity contribution is 6.30. The Morgan fingerprint density at radius 1 is 0.846 bits per heavy atom. The number of aromatic nitrogens is 4. The molecule has 0 aliphatic heterocycles. The largest absolute Gasteiger partial charge is 0.454 e. The molecule has 0 aliphatic carbocycles. The number of hydrogen-bond donors (Lipinski definition) is 1. The first-order valence-electron chi connectivity index (χ1n) is 7.66. The maximum Gasteiger partial charge on any atom is 0.320 e. The first kappa shape index (κ1) is 16.0. The lowest BCUT2D eigenvalue weighted by molar-refractivity contribution is 0.477. The predicted molar refractivity (Wildman–Crippen MR) is 96.6 cm³/mol. The summed E-state index contributed by atoms with van der Waals surface area (Å²) in [5.74, 6) is 1.62. The van der Waals surface area contributed by atoms with Gasteiger partial charge in [-0.25, -0.2) is 9.97 Å². The molecule has 128 valence electrons. The number of ether oxygens (including phenoxy) is 1. The van der Waals surface area contributed by atoms with E-state index in [0.29, 0.717) is 28.4 Å². The molecular formula is C18H12ClN5O2. The van der Waals surface area contributed by atoms with Crippen LogP contribution in [0.15, 0.2) is 71.7 Å². The van der Waals surface area contributed by atoms with Gasteiger partial charge in [0.05, 0.1) is 12.4 Å².